The summed E-state index contributed by atoms with van der Waals surface area (Å²) in [6.07, 6.45) is -0.221. The van der Waals surface area contributed by atoms with Crippen LogP contribution in [0.1, 0.15) is 12.8 Å². The third kappa shape index (κ3) is 3.56. The molecule has 9 heteroatoms. The first-order chi connectivity index (χ1) is 7.86. The number of aliphatic carboxylic acids is 1. The number of piperidine rings is 1. The molecule has 0 aliphatic carbocycles. The number of amides is 1. The smallest absolute Gasteiger partial charge is 0.421 e. The van der Waals surface area contributed by atoms with Gasteiger partial charge in [-0.15, -0.1) is 0 Å². The van der Waals surface area contributed by atoms with Gasteiger partial charge in [0, 0.05) is 13.1 Å². The topological polar surface area (TPSA) is 113 Å². The Hall–Kier alpha value is -1.35. The fourth-order valence-electron chi connectivity index (χ4n) is 1.57. The molecule has 0 bridgehead atoms. The lowest BCUT2D eigenvalue weighted by Gasteiger charge is -2.29. The Morgan fingerprint density at radius 2 is 2.12 bits per heavy atom. The van der Waals surface area contributed by atoms with Gasteiger partial charge in [-0.1, -0.05) is 0 Å². The molecule has 0 saturated carbocycles. The quantitative estimate of drug-likeness (QED) is 0.704. The highest BCUT2D eigenvalue weighted by molar-refractivity contribution is 7.87. The highest BCUT2D eigenvalue weighted by Gasteiger charge is 2.33. The molecule has 1 amide bonds. The van der Waals surface area contributed by atoms with Crippen molar-refractivity contribution in [2.45, 2.75) is 12.8 Å². The summed E-state index contributed by atoms with van der Waals surface area (Å²) in [6.45, 7) is 0.0533. The molecule has 8 nitrogen and oxygen atoms in total. The van der Waals surface area contributed by atoms with E-state index in [1.165, 1.54) is 0 Å². The SMILES string of the molecule is COC(=O)NS(=O)(=O)N1CCC[C@H](C(=O)O)C1. The predicted octanol–water partition coefficient (Wildman–Crippen LogP) is -0.616. The van der Waals surface area contributed by atoms with Crippen LogP contribution in [0.15, 0.2) is 0 Å². The summed E-state index contributed by atoms with van der Waals surface area (Å²) in [6, 6.07) is 0. The number of carbonyl (C=O) groups is 2. The molecule has 0 spiro atoms. The molecule has 98 valence electrons. The fraction of sp³-hybridized carbons (Fsp3) is 0.750. The fourth-order valence-corrected chi connectivity index (χ4v) is 2.74. The second kappa shape index (κ2) is 5.32. The number of nitrogens with zero attached hydrogens (tertiary/aromatic N) is 1. The second-order valence-electron chi connectivity index (χ2n) is 3.63. The van der Waals surface area contributed by atoms with Gasteiger partial charge in [-0.3, -0.25) is 4.79 Å². The number of hydrogen-bond donors (Lipinski definition) is 2. The molecule has 1 aliphatic rings. The molecule has 1 fully saturated rings. The Kier molecular flexibility index (Phi) is 4.29. The number of carboxylic acids is 1. The molecule has 0 aromatic rings. The van der Waals surface area contributed by atoms with E-state index in [2.05, 4.69) is 4.74 Å². The van der Waals surface area contributed by atoms with Crippen molar-refractivity contribution in [3.63, 3.8) is 0 Å². The van der Waals surface area contributed by atoms with Gasteiger partial charge < -0.3 is 9.84 Å². The normalized spacial score (nSPS) is 21.8. The van der Waals surface area contributed by atoms with E-state index in [9.17, 15) is 18.0 Å². The molecular formula is C8H14N2O6S. The Labute approximate surface area is 98.7 Å². The molecule has 1 saturated heterocycles. The van der Waals surface area contributed by atoms with Crippen molar-refractivity contribution in [1.82, 2.24) is 9.03 Å². The molecule has 0 radical (unpaired) electrons. The van der Waals surface area contributed by atoms with Crippen molar-refractivity contribution >= 4 is 22.3 Å². The van der Waals surface area contributed by atoms with Gasteiger partial charge in [0.25, 0.3) is 0 Å². The second-order valence-corrected chi connectivity index (χ2v) is 5.30. The average Bonchev–Trinajstić information content (AvgIpc) is 2.28. The van der Waals surface area contributed by atoms with Crippen molar-refractivity contribution in [1.29, 1.82) is 0 Å². The average molecular weight is 266 g/mol. The van der Waals surface area contributed by atoms with Crippen molar-refractivity contribution in [2.75, 3.05) is 20.2 Å². The lowest BCUT2D eigenvalue weighted by Crippen LogP contribution is -2.48. The zero-order valence-corrected chi connectivity index (χ0v) is 10.1. The highest BCUT2D eigenvalue weighted by Crippen LogP contribution is 2.18. The van der Waals surface area contributed by atoms with E-state index in [1.807, 2.05) is 0 Å². The van der Waals surface area contributed by atoms with Gasteiger partial charge in [0.15, 0.2) is 0 Å². The third-order valence-electron chi connectivity index (χ3n) is 2.47. The number of methoxy groups -OCH3 is 1. The lowest BCUT2D eigenvalue weighted by atomic mass is 10.0. The minimum Gasteiger partial charge on any atom is -0.481 e. The first-order valence-corrected chi connectivity index (χ1v) is 6.39. The monoisotopic (exact) mass is 266 g/mol. The van der Waals surface area contributed by atoms with Crippen LogP contribution in [-0.2, 0) is 19.7 Å². The molecule has 17 heavy (non-hydrogen) atoms. The van der Waals surface area contributed by atoms with Crippen LogP contribution in [0.5, 0.6) is 0 Å². The lowest BCUT2D eigenvalue weighted by molar-refractivity contribution is -0.142. The van der Waals surface area contributed by atoms with E-state index in [0.717, 1.165) is 11.4 Å². The van der Waals surface area contributed by atoms with Crippen LogP contribution in [0.2, 0.25) is 0 Å². The maximum absolute atomic E-state index is 11.6. The van der Waals surface area contributed by atoms with Crippen LogP contribution >= 0.6 is 0 Å². The Balaban J connectivity index is 2.71. The molecule has 0 aromatic heterocycles. The number of nitrogens with one attached hydrogen (secondary N) is 1. The van der Waals surface area contributed by atoms with Crippen molar-refractivity contribution in [3.8, 4) is 0 Å². The van der Waals surface area contributed by atoms with Gasteiger partial charge in [-0.05, 0) is 12.8 Å². The summed E-state index contributed by atoms with van der Waals surface area (Å²) in [5.41, 5.74) is 0. The maximum atomic E-state index is 11.6. The van der Waals surface area contributed by atoms with E-state index < -0.39 is 28.2 Å². The summed E-state index contributed by atoms with van der Waals surface area (Å²) in [5, 5.41) is 8.82. The number of rotatable bonds is 3. The number of ether oxygens (including phenoxy) is 1. The summed E-state index contributed by atoms with van der Waals surface area (Å²) in [7, 11) is -2.97. The minimum atomic E-state index is -4.02. The van der Waals surface area contributed by atoms with E-state index in [4.69, 9.17) is 5.11 Å². The Morgan fingerprint density at radius 3 is 2.65 bits per heavy atom. The Morgan fingerprint density at radius 1 is 1.47 bits per heavy atom. The van der Waals surface area contributed by atoms with Crippen molar-refractivity contribution < 1.29 is 27.9 Å². The van der Waals surface area contributed by atoms with Crippen LogP contribution < -0.4 is 4.72 Å². The molecule has 0 unspecified atom stereocenters. The molecular weight excluding hydrogens is 252 g/mol. The molecule has 1 atom stereocenters. The van der Waals surface area contributed by atoms with Crippen LogP contribution in [0.3, 0.4) is 0 Å². The summed E-state index contributed by atoms with van der Waals surface area (Å²) < 4.78 is 30.1. The van der Waals surface area contributed by atoms with Gasteiger partial charge in [-0.2, -0.15) is 12.7 Å². The zero-order valence-electron chi connectivity index (χ0n) is 9.25. The maximum Gasteiger partial charge on any atom is 0.421 e. The summed E-state index contributed by atoms with van der Waals surface area (Å²) in [5.74, 6) is -1.78. The summed E-state index contributed by atoms with van der Waals surface area (Å²) >= 11 is 0. The number of carboxylic acid groups (broad SMARTS) is 1. The van der Waals surface area contributed by atoms with Crippen molar-refractivity contribution in [2.24, 2.45) is 5.92 Å². The van der Waals surface area contributed by atoms with Gasteiger partial charge in [0.1, 0.15) is 0 Å². The van der Waals surface area contributed by atoms with E-state index >= 15 is 0 Å². The molecule has 1 aliphatic heterocycles. The molecule has 1 heterocycles. The van der Waals surface area contributed by atoms with E-state index in [1.54, 1.807) is 4.72 Å². The minimum absolute atomic E-state index is 0.137. The van der Waals surface area contributed by atoms with Gasteiger partial charge in [-0.25, -0.2) is 9.52 Å². The first kappa shape index (κ1) is 13.7. The van der Waals surface area contributed by atoms with E-state index in [-0.39, 0.29) is 13.1 Å². The largest absolute Gasteiger partial charge is 0.481 e. The third-order valence-corrected chi connectivity index (χ3v) is 3.91. The standard InChI is InChI=1S/C8H14N2O6S/c1-16-8(13)9-17(14,15)10-4-2-3-6(5-10)7(11)12/h6H,2-5H2,1H3,(H,9,13)(H,11,12)/t6-/m0/s1. The molecule has 1 rings (SSSR count). The zero-order chi connectivity index (χ0) is 13.1. The molecule has 0 aromatic carbocycles. The van der Waals surface area contributed by atoms with Gasteiger partial charge >= 0.3 is 22.3 Å². The van der Waals surface area contributed by atoms with Crippen LogP contribution in [0, 0.1) is 5.92 Å². The van der Waals surface area contributed by atoms with Crippen LogP contribution in [0.25, 0.3) is 0 Å². The number of carbonyl (C=O) groups excluding carboxylic acids is 1. The van der Waals surface area contributed by atoms with Crippen LogP contribution in [0.4, 0.5) is 4.79 Å². The predicted molar refractivity (Wildman–Crippen MR) is 56.4 cm³/mol. The van der Waals surface area contributed by atoms with E-state index in [0.29, 0.717) is 12.8 Å². The summed E-state index contributed by atoms with van der Waals surface area (Å²) in [4.78, 5) is 21.6. The van der Waals surface area contributed by atoms with Gasteiger partial charge in [0.2, 0.25) is 0 Å². The van der Waals surface area contributed by atoms with Crippen LogP contribution in [-0.4, -0.2) is 50.1 Å². The van der Waals surface area contributed by atoms with Crippen molar-refractivity contribution in [3.05, 3.63) is 0 Å². The molecule has 2 N–H and O–H groups in total. The highest BCUT2D eigenvalue weighted by atomic mass is 32.2. The van der Waals surface area contributed by atoms with Gasteiger partial charge in [0.05, 0.1) is 13.0 Å². The Bertz CT molecular complexity index is 406. The first-order valence-electron chi connectivity index (χ1n) is 4.95. The number of hydrogen-bond acceptors (Lipinski definition) is 5.